The maximum absolute atomic E-state index is 13.1. The Morgan fingerprint density at radius 1 is 1.24 bits per heavy atom. The van der Waals surface area contributed by atoms with Crippen LogP contribution in [0.5, 0.6) is 0 Å². The molecule has 0 aliphatic heterocycles. The number of H-pyrrole nitrogens is 1. The number of ketones is 1. The summed E-state index contributed by atoms with van der Waals surface area (Å²) in [7, 11) is 0. The largest absolute Gasteiger partial charge is 0.462 e. The molecule has 1 aliphatic carbocycles. The Labute approximate surface area is 202 Å². The van der Waals surface area contributed by atoms with E-state index in [1.165, 1.54) is 35.9 Å². The maximum atomic E-state index is 13.1. The fourth-order valence-electron chi connectivity index (χ4n) is 4.54. The molecule has 0 atom stereocenters. The molecule has 0 bridgehead atoms. The normalized spacial score (nSPS) is 14.5. The van der Waals surface area contributed by atoms with Crippen molar-refractivity contribution < 1.29 is 14.3 Å². The fraction of sp³-hybridized carbons (Fsp3) is 0.500. The van der Waals surface area contributed by atoms with Crippen LogP contribution in [0.3, 0.4) is 0 Å². The van der Waals surface area contributed by atoms with E-state index in [0.29, 0.717) is 35.2 Å². The van der Waals surface area contributed by atoms with Crippen LogP contribution in [0.1, 0.15) is 87.9 Å². The summed E-state index contributed by atoms with van der Waals surface area (Å²) >= 11 is 3.15. The summed E-state index contributed by atoms with van der Waals surface area (Å²) in [6.07, 6.45) is 6.69. The van der Waals surface area contributed by atoms with Crippen LogP contribution in [0, 0.1) is 13.8 Å². The first kappa shape index (κ1) is 23.8. The number of nitrogens with one attached hydrogen (secondary N) is 1. The van der Waals surface area contributed by atoms with Gasteiger partial charge in [0.05, 0.1) is 23.6 Å². The minimum atomic E-state index is -0.397. The molecule has 1 saturated carbocycles. The van der Waals surface area contributed by atoms with Crippen LogP contribution in [0.2, 0.25) is 0 Å². The zero-order valence-corrected chi connectivity index (χ0v) is 21.0. The molecule has 0 aromatic carbocycles. The number of hydrogen-bond acceptors (Lipinski definition) is 7. The van der Waals surface area contributed by atoms with E-state index in [2.05, 4.69) is 37.3 Å². The minimum Gasteiger partial charge on any atom is -0.462 e. The fourth-order valence-corrected chi connectivity index (χ4v) is 6.14. The van der Waals surface area contributed by atoms with Crippen LogP contribution in [0.4, 0.5) is 0 Å². The highest BCUT2D eigenvalue weighted by molar-refractivity contribution is 7.99. The number of carbonyl (C=O) groups excluding carboxylic acids is 2. The van der Waals surface area contributed by atoms with Gasteiger partial charge in [-0.2, -0.15) is 0 Å². The predicted octanol–water partition coefficient (Wildman–Crippen LogP) is 5.53. The molecule has 7 nitrogen and oxygen atoms in total. The second-order valence-corrected chi connectivity index (χ2v) is 10.3. The lowest BCUT2D eigenvalue weighted by atomic mass is 9.95. The number of esters is 1. The van der Waals surface area contributed by atoms with E-state index in [-0.39, 0.29) is 11.5 Å². The monoisotopic (exact) mass is 486 g/mol. The third kappa shape index (κ3) is 5.24. The summed E-state index contributed by atoms with van der Waals surface area (Å²) in [5, 5.41) is 11.9. The second-order valence-electron chi connectivity index (χ2n) is 8.37. The lowest BCUT2D eigenvalue weighted by Gasteiger charge is -2.25. The molecule has 3 aromatic rings. The van der Waals surface area contributed by atoms with E-state index in [4.69, 9.17) is 4.74 Å². The van der Waals surface area contributed by atoms with Crippen LogP contribution < -0.4 is 0 Å². The van der Waals surface area contributed by atoms with Crippen LogP contribution in [-0.4, -0.2) is 43.9 Å². The lowest BCUT2D eigenvalue weighted by molar-refractivity contribution is 0.0525. The van der Waals surface area contributed by atoms with Crippen molar-refractivity contribution in [2.45, 2.75) is 70.5 Å². The molecule has 3 heterocycles. The highest BCUT2D eigenvalue weighted by atomic mass is 32.2. The molecule has 0 amide bonds. The topological polar surface area (TPSA) is 89.9 Å². The summed E-state index contributed by atoms with van der Waals surface area (Å²) < 4.78 is 7.42. The van der Waals surface area contributed by atoms with Crippen molar-refractivity contribution >= 4 is 34.9 Å². The molecule has 0 spiro atoms. The highest BCUT2D eigenvalue weighted by Gasteiger charge is 2.26. The van der Waals surface area contributed by atoms with Crippen molar-refractivity contribution in [2.24, 2.45) is 0 Å². The Hall–Kier alpha value is -2.39. The Kier molecular flexibility index (Phi) is 7.70. The number of carbonyl (C=O) groups is 2. The van der Waals surface area contributed by atoms with Gasteiger partial charge in [0.2, 0.25) is 0 Å². The third-order valence-corrected chi connectivity index (χ3v) is 7.94. The Morgan fingerprint density at radius 3 is 2.73 bits per heavy atom. The van der Waals surface area contributed by atoms with Gasteiger partial charge < -0.3 is 14.3 Å². The highest BCUT2D eigenvalue weighted by Crippen LogP contribution is 2.34. The van der Waals surface area contributed by atoms with Crippen molar-refractivity contribution in [3.63, 3.8) is 0 Å². The summed E-state index contributed by atoms with van der Waals surface area (Å²) in [4.78, 5) is 29.7. The number of aromatic amines is 1. The van der Waals surface area contributed by atoms with E-state index in [1.807, 2.05) is 0 Å². The van der Waals surface area contributed by atoms with Gasteiger partial charge >= 0.3 is 5.97 Å². The molecule has 0 radical (unpaired) electrons. The average Bonchev–Trinajstić information content (AvgIpc) is 3.53. The maximum Gasteiger partial charge on any atom is 0.340 e. The van der Waals surface area contributed by atoms with Crippen molar-refractivity contribution in [3.8, 4) is 0 Å². The molecule has 3 aromatic heterocycles. The first-order chi connectivity index (χ1) is 16.0. The molecule has 0 unspecified atom stereocenters. The van der Waals surface area contributed by atoms with Crippen LogP contribution in [0.25, 0.3) is 0 Å². The summed E-state index contributed by atoms with van der Waals surface area (Å²) in [6.45, 7) is 5.65. The number of hydrogen-bond donors (Lipinski definition) is 1. The van der Waals surface area contributed by atoms with Gasteiger partial charge in [0.25, 0.3) is 0 Å². The molecular formula is C24H30N4O3S2. The van der Waals surface area contributed by atoms with Gasteiger partial charge in [0.1, 0.15) is 5.82 Å². The van der Waals surface area contributed by atoms with Crippen molar-refractivity contribution in [2.75, 3.05) is 12.4 Å². The number of aryl methyl sites for hydroxylation is 1. The van der Waals surface area contributed by atoms with E-state index in [1.54, 1.807) is 32.1 Å². The number of thioether (sulfide) groups is 1. The van der Waals surface area contributed by atoms with E-state index >= 15 is 0 Å². The molecule has 1 N–H and O–H groups in total. The van der Waals surface area contributed by atoms with Crippen molar-refractivity contribution in [3.05, 3.63) is 50.7 Å². The Balaban J connectivity index is 1.53. The quantitative estimate of drug-likeness (QED) is 0.243. The molecule has 9 heteroatoms. The second kappa shape index (κ2) is 10.7. The smallest absolute Gasteiger partial charge is 0.340 e. The molecule has 1 fully saturated rings. The van der Waals surface area contributed by atoms with Gasteiger partial charge in [-0.1, -0.05) is 37.1 Å². The Morgan fingerprint density at radius 2 is 2.03 bits per heavy atom. The van der Waals surface area contributed by atoms with Gasteiger partial charge in [-0.3, -0.25) is 4.79 Å². The zero-order chi connectivity index (χ0) is 23.4. The standard InChI is InChI=1S/C24H30N4O3S2/c1-4-31-23(30)21-15(2)22(25-16(21)3)19(29)14-33-24-27-26-20(13-18-11-8-12-32-18)28(24)17-9-6-5-7-10-17/h8,11-12,17,25H,4-7,9-10,13-14H2,1-3H3. The van der Waals surface area contributed by atoms with E-state index in [9.17, 15) is 9.59 Å². The molecular weight excluding hydrogens is 456 g/mol. The van der Waals surface area contributed by atoms with Crippen LogP contribution >= 0.6 is 23.1 Å². The number of thiophene rings is 1. The minimum absolute atomic E-state index is 0.0610. The number of nitrogens with zero attached hydrogens (tertiary/aromatic N) is 3. The number of rotatable bonds is 9. The van der Waals surface area contributed by atoms with Gasteiger partial charge in [-0.05, 0) is 50.6 Å². The van der Waals surface area contributed by atoms with Crippen LogP contribution in [0.15, 0.2) is 22.7 Å². The molecule has 176 valence electrons. The van der Waals surface area contributed by atoms with Crippen molar-refractivity contribution in [1.29, 1.82) is 0 Å². The molecule has 0 saturated heterocycles. The van der Waals surface area contributed by atoms with E-state index < -0.39 is 5.97 Å². The summed E-state index contributed by atoms with van der Waals surface area (Å²) in [5.74, 6) is 0.739. The first-order valence-electron chi connectivity index (χ1n) is 11.5. The molecule has 4 rings (SSSR count). The molecule has 33 heavy (non-hydrogen) atoms. The van der Waals surface area contributed by atoms with Gasteiger partial charge in [-0.15, -0.1) is 21.5 Å². The number of ether oxygens (including phenoxy) is 1. The summed E-state index contributed by atoms with van der Waals surface area (Å²) in [5.41, 5.74) is 2.21. The predicted molar refractivity (Wildman–Crippen MR) is 131 cm³/mol. The molecule has 1 aliphatic rings. The number of Topliss-reactive ketones (excluding diaryl/α,β-unsaturated/α-hetero) is 1. The van der Waals surface area contributed by atoms with Gasteiger partial charge in [0.15, 0.2) is 10.9 Å². The van der Waals surface area contributed by atoms with Gasteiger partial charge in [-0.25, -0.2) is 4.79 Å². The van der Waals surface area contributed by atoms with Crippen molar-refractivity contribution in [1.82, 2.24) is 19.7 Å². The number of aromatic nitrogens is 4. The third-order valence-electron chi connectivity index (χ3n) is 6.12. The van der Waals surface area contributed by atoms with E-state index in [0.717, 1.165) is 30.2 Å². The average molecular weight is 487 g/mol. The van der Waals surface area contributed by atoms with Gasteiger partial charge in [0, 0.05) is 23.0 Å². The zero-order valence-electron chi connectivity index (χ0n) is 19.3. The van der Waals surface area contributed by atoms with Crippen LogP contribution in [-0.2, 0) is 11.2 Å². The Bertz CT molecular complexity index is 1110. The summed E-state index contributed by atoms with van der Waals surface area (Å²) in [6, 6.07) is 4.56. The SMILES string of the molecule is CCOC(=O)c1c(C)[nH]c(C(=O)CSc2nnc(Cc3cccs3)n2C2CCCCC2)c1C. The lowest BCUT2D eigenvalue weighted by Crippen LogP contribution is -2.17. The first-order valence-corrected chi connectivity index (χ1v) is 13.3.